The van der Waals surface area contributed by atoms with E-state index in [4.69, 9.17) is 37.6 Å². The lowest BCUT2D eigenvalue weighted by atomic mass is 10.1. The molecule has 10 nitrogen and oxygen atoms in total. The molecule has 39 heavy (non-hydrogen) atoms. The van der Waals surface area contributed by atoms with Crippen molar-refractivity contribution in [3.63, 3.8) is 0 Å². The van der Waals surface area contributed by atoms with E-state index in [0.717, 1.165) is 35.8 Å². The third-order valence-corrected chi connectivity index (χ3v) is 8.06. The van der Waals surface area contributed by atoms with E-state index in [1.807, 2.05) is 4.90 Å². The number of carbonyl (C=O) groups excluding carboxylic acids is 1. The molecule has 1 aliphatic heterocycles. The SMILES string of the molecule is CCOC(=O)CS(=O)(=O)N(C/C=C/c1cccc(C(=N)N)c1)c1ccc(OC2CCN(C(C)=N)CC2)c(Cl)c1. The summed E-state index contributed by atoms with van der Waals surface area (Å²) in [6.45, 7) is 4.79. The first-order chi connectivity index (χ1) is 18.5. The largest absolute Gasteiger partial charge is 0.489 e. The molecule has 0 spiro atoms. The van der Waals surface area contributed by atoms with Crippen LogP contribution < -0.4 is 14.8 Å². The Labute approximate surface area is 234 Å². The first-order valence-corrected chi connectivity index (χ1v) is 14.5. The van der Waals surface area contributed by atoms with Gasteiger partial charge in [-0.05, 0) is 43.7 Å². The number of halogens is 1. The number of hydrogen-bond acceptors (Lipinski definition) is 7. The minimum absolute atomic E-state index is 0.0664. The fourth-order valence-corrected chi connectivity index (χ4v) is 5.64. The maximum Gasteiger partial charge on any atom is 0.323 e. The third kappa shape index (κ3) is 8.46. The van der Waals surface area contributed by atoms with E-state index in [9.17, 15) is 13.2 Å². The van der Waals surface area contributed by atoms with E-state index in [-0.39, 0.29) is 35.8 Å². The monoisotopic (exact) mass is 575 g/mol. The van der Waals surface area contributed by atoms with Gasteiger partial charge in [0.25, 0.3) is 0 Å². The van der Waals surface area contributed by atoms with Gasteiger partial charge in [0, 0.05) is 31.5 Å². The molecule has 0 aliphatic carbocycles. The van der Waals surface area contributed by atoms with Gasteiger partial charge in [0.15, 0.2) is 5.75 Å². The van der Waals surface area contributed by atoms with Gasteiger partial charge in [-0.15, -0.1) is 0 Å². The van der Waals surface area contributed by atoms with Crippen LogP contribution in [0.3, 0.4) is 0 Å². The Morgan fingerprint density at radius 3 is 2.54 bits per heavy atom. The lowest BCUT2D eigenvalue weighted by Crippen LogP contribution is -2.40. The Hall–Kier alpha value is -3.57. The summed E-state index contributed by atoms with van der Waals surface area (Å²) in [7, 11) is -4.12. The van der Waals surface area contributed by atoms with E-state index < -0.39 is 21.7 Å². The molecule has 0 radical (unpaired) electrons. The number of sulfonamides is 1. The van der Waals surface area contributed by atoms with Gasteiger partial charge in [0.05, 0.1) is 29.7 Å². The number of nitrogens with zero attached hydrogens (tertiary/aromatic N) is 2. The molecule has 0 amide bonds. The summed E-state index contributed by atoms with van der Waals surface area (Å²) in [6, 6.07) is 11.7. The Kier molecular flexibility index (Phi) is 10.4. The highest BCUT2D eigenvalue weighted by Crippen LogP contribution is 2.32. The summed E-state index contributed by atoms with van der Waals surface area (Å²) in [5.41, 5.74) is 7.11. The van der Waals surface area contributed by atoms with Gasteiger partial charge in [-0.2, -0.15) is 0 Å². The minimum Gasteiger partial charge on any atom is -0.489 e. The standard InChI is InChI=1S/C27H34ClN5O5S/c1-3-37-26(34)18-39(35,36)33(13-5-7-20-6-4-8-21(16-20)27(30)31)22-9-10-25(24(28)17-22)38-23-11-14-32(15-12-23)19(2)29/h4-10,16-17,23,29H,3,11-15,18H2,1-2H3,(H3,30,31)/b7-5+,29-19?. The number of piperidine rings is 1. The molecule has 2 aromatic carbocycles. The van der Waals surface area contributed by atoms with E-state index in [1.54, 1.807) is 62.4 Å². The Morgan fingerprint density at radius 2 is 1.92 bits per heavy atom. The molecule has 0 bridgehead atoms. The summed E-state index contributed by atoms with van der Waals surface area (Å²) in [5.74, 6) is -0.783. The second-order valence-electron chi connectivity index (χ2n) is 9.04. The molecule has 0 unspecified atom stereocenters. The lowest BCUT2D eigenvalue weighted by molar-refractivity contribution is -0.139. The number of anilines is 1. The molecule has 0 aromatic heterocycles. The topological polar surface area (TPSA) is 150 Å². The number of ether oxygens (including phenoxy) is 2. The van der Waals surface area contributed by atoms with E-state index >= 15 is 0 Å². The highest BCUT2D eigenvalue weighted by molar-refractivity contribution is 7.93. The smallest absolute Gasteiger partial charge is 0.323 e. The van der Waals surface area contributed by atoms with Gasteiger partial charge in [-0.1, -0.05) is 42.0 Å². The van der Waals surface area contributed by atoms with Crippen molar-refractivity contribution in [1.29, 1.82) is 10.8 Å². The van der Waals surface area contributed by atoms with Crippen LogP contribution in [-0.2, 0) is 19.6 Å². The molecule has 1 fully saturated rings. The molecule has 1 heterocycles. The van der Waals surface area contributed by atoms with Crippen LogP contribution in [0.2, 0.25) is 5.02 Å². The van der Waals surface area contributed by atoms with Crippen molar-refractivity contribution in [1.82, 2.24) is 4.90 Å². The number of nitrogens with two attached hydrogens (primary N) is 1. The van der Waals surface area contributed by atoms with Crippen molar-refractivity contribution in [2.75, 3.05) is 36.3 Å². The molecular weight excluding hydrogens is 542 g/mol. The predicted molar refractivity (Wildman–Crippen MR) is 154 cm³/mol. The fourth-order valence-electron chi connectivity index (χ4n) is 4.13. The summed E-state index contributed by atoms with van der Waals surface area (Å²) in [4.78, 5) is 14.0. The zero-order chi connectivity index (χ0) is 28.6. The van der Waals surface area contributed by atoms with E-state index in [1.165, 1.54) is 6.07 Å². The summed E-state index contributed by atoms with van der Waals surface area (Å²) >= 11 is 6.52. The van der Waals surface area contributed by atoms with Gasteiger partial charge in [0.1, 0.15) is 17.7 Å². The van der Waals surface area contributed by atoms with Crippen LogP contribution in [0, 0.1) is 10.8 Å². The highest BCUT2D eigenvalue weighted by atomic mass is 35.5. The number of rotatable bonds is 11. The van der Waals surface area contributed by atoms with Crippen LogP contribution in [0.1, 0.15) is 37.8 Å². The Morgan fingerprint density at radius 1 is 1.21 bits per heavy atom. The fraction of sp³-hybridized carbons (Fsp3) is 0.370. The van der Waals surface area contributed by atoms with Gasteiger partial charge in [0.2, 0.25) is 10.0 Å². The minimum atomic E-state index is -4.12. The van der Waals surface area contributed by atoms with E-state index in [0.29, 0.717) is 17.1 Å². The summed E-state index contributed by atoms with van der Waals surface area (Å²) < 4.78 is 38.5. The van der Waals surface area contributed by atoms with Crippen LogP contribution >= 0.6 is 11.6 Å². The Balaban J connectivity index is 1.82. The third-order valence-electron chi connectivity index (χ3n) is 6.13. The van der Waals surface area contributed by atoms with Crippen LogP contribution in [-0.4, -0.2) is 69.1 Å². The number of benzene rings is 2. The van der Waals surface area contributed by atoms with Crippen LogP contribution in [0.4, 0.5) is 5.69 Å². The predicted octanol–water partition coefficient (Wildman–Crippen LogP) is 3.88. The maximum absolute atomic E-state index is 13.3. The molecule has 0 saturated carbocycles. The molecular formula is C27H34ClN5O5S. The molecule has 1 saturated heterocycles. The van der Waals surface area contributed by atoms with Crippen molar-refractivity contribution < 1.29 is 22.7 Å². The van der Waals surface area contributed by atoms with E-state index in [2.05, 4.69) is 0 Å². The number of esters is 1. The number of carbonyl (C=O) groups is 1. The zero-order valence-electron chi connectivity index (χ0n) is 22.0. The number of nitrogens with one attached hydrogen (secondary N) is 2. The molecule has 3 rings (SSSR count). The van der Waals surface area contributed by atoms with Gasteiger partial charge >= 0.3 is 5.97 Å². The van der Waals surface area contributed by atoms with Gasteiger partial charge in [-0.25, -0.2) is 8.42 Å². The van der Waals surface area contributed by atoms with Crippen LogP contribution in [0.5, 0.6) is 5.75 Å². The normalized spacial score (nSPS) is 14.3. The number of likely N-dealkylation sites (tertiary alicyclic amines) is 1. The quantitative estimate of drug-likeness (QED) is 0.209. The average molecular weight is 576 g/mol. The number of hydrogen-bond donors (Lipinski definition) is 3. The van der Waals surface area contributed by atoms with Crippen molar-refractivity contribution in [2.24, 2.45) is 5.73 Å². The van der Waals surface area contributed by atoms with Gasteiger partial charge in [-0.3, -0.25) is 19.9 Å². The van der Waals surface area contributed by atoms with Gasteiger partial charge < -0.3 is 20.1 Å². The molecule has 4 N–H and O–H groups in total. The molecule has 12 heteroatoms. The summed E-state index contributed by atoms with van der Waals surface area (Å²) in [5, 5.41) is 15.6. The van der Waals surface area contributed by atoms with Crippen molar-refractivity contribution >= 4 is 51.0 Å². The van der Waals surface area contributed by atoms with Crippen molar-refractivity contribution in [3.8, 4) is 5.75 Å². The number of nitrogen functional groups attached to an aromatic ring is 1. The second kappa shape index (κ2) is 13.5. The van der Waals surface area contributed by atoms with Crippen molar-refractivity contribution in [3.05, 3.63) is 64.7 Å². The first-order valence-electron chi connectivity index (χ1n) is 12.5. The highest BCUT2D eigenvalue weighted by Gasteiger charge is 2.27. The maximum atomic E-state index is 13.3. The second-order valence-corrected chi connectivity index (χ2v) is 11.3. The molecule has 2 aromatic rings. The van der Waals surface area contributed by atoms with Crippen molar-refractivity contribution in [2.45, 2.75) is 32.8 Å². The molecule has 210 valence electrons. The number of amidine groups is 2. The summed E-state index contributed by atoms with van der Waals surface area (Å²) in [6.07, 6.45) is 4.76. The molecule has 1 aliphatic rings. The average Bonchev–Trinajstić information content (AvgIpc) is 2.88. The Bertz CT molecular complexity index is 1340. The zero-order valence-corrected chi connectivity index (χ0v) is 23.6. The lowest BCUT2D eigenvalue weighted by Gasteiger charge is -2.33. The molecule has 0 atom stereocenters. The van der Waals surface area contributed by atoms with Crippen LogP contribution in [0.25, 0.3) is 6.08 Å². The van der Waals surface area contributed by atoms with Crippen LogP contribution in [0.15, 0.2) is 48.5 Å². The first kappa shape index (κ1) is 30.0.